The van der Waals surface area contributed by atoms with Gasteiger partial charge in [-0.25, -0.2) is 4.79 Å². The number of piperazine rings is 1. The number of hydrogen-bond donors (Lipinski definition) is 1. The van der Waals surface area contributed by atoms with Crippen LogP contribution in [0.5, 0.6) is 0 Å². The predicted octanol–water partition coefficient (Wildman–Crippen LogP) is 4.14. The second-order valence-corrected chi connectivity index (χ2v) is 8.33. The molecule has 0 saturated carbocycles. The average Bonchev–Trinajstić information content (AvgIpc) is 2.64. The molecule has 1 N–H and O–H groups in total. The minimum absolute atomic E-state index is 0.143. The van der Waals surface area contributed by atoms with Gasteiger partial charge in [-0.15, -0.1) is 4.91 Å². The summed E-state index contributed by atoms with van der Waals surface area (Å²) in [6.45, 7) is 9.63. The predicted molar refractivity (Wildman–Crippen MR) is 107 cm³/mol. The molecule has 1 heterocycles. The van der Waals surface area contributed by atoms with E-state index >= 15 is 0 Å². The van der Waals surface area contributed by atoms with Gasteiger partial charge in [0.15, 0.2) is 0 Å². The third-order valence-electron chi connectivity index (χ3n) is 4.68. The number of carbonyl (C=O) groups is 1. The van der Waals surface area contributed by atoms with Gasteiger partial charge in [-0.2, -0.15) is 13.2 Å². The molecule has 1 saturated heterocycles. The number of nitroso groups, excluding NO2 is 1. The maximum Gasteiger partial charge on any atom is 0.416 e. The van der Waals surface area contributed by atoms with Gasteiger partial charge in [0.2, 0.25) is 0 Å². The average molecular weight is 430 g/mol. The standard InChI is InChI=1S/C20H29F3N4O3/c1-19(2,3)30-18(28)24-7-4-8-26-9-11-27(12-10-26)14-15-5-6-16(25-29)13-17(15)20(21,22)23/h5-6,13H,4,7-12,14H2,1-3H3,(H,24,28). The molecule has 1 fully saturated rings. The van der Waals surface area contributed by atoms with Gasteiger partial charge in [-0.1, -0.05) is 6.07 Å². The van der Waals surface area contributed by atoms with Crippen LogP contribution in [0.2, 0.25) is 0 Å². The lowest BCUT2D eigenvalue weighted by atomic mass is 10.0. The van der Waals surface area contributed by atoms with Gasteiger partial charge < -0.3 is 15.0 Å². The molecular formula is C20H29F3N4O3. The number of ether oxygens (including phenoxy) is 1. The van der Waals surface area contributed by atoms with Crippen LogP contribution in [0.3, 0.4) is 0 Å². The van der Waals surface area contributed by atoms with E-state index in [1.54, 1.807) is 20.8 Å². The summed E-state index contributed by atoms with van der Waals surface area (Å²) in [5, 5.41) is 5.32. The first-order valence-electron chi connectivity index (χ1n) is 9.93. The van der Waals surface area contributed by atoms with Crippen LogP contribution in [-0.4, -0.2) is 60.8 Å². The third kappa shape index (κ3) is 7.91. The monoisotopic (exact) mass is 430 g/mol. The number of nitrogens with zero attached hydrogens (tertiary/aromatic N) is 3. The van der Waals surface area contributed by atoms with Crippen LogP contribution in [0.25, 0.3) is 0 Å². The van der Waals surface area contributed by atoms with Crippen molar-refractivity contribution in [3.05, 3.63) is 34.2 Å². The van der Waals surface area contributed by atoms with Gasteiger partial charge in [-0.3, -0.25) is 4.90 Å². The largest absolute Gasteiger partial charge is 0.444 e. The van der Waals surface area contributed by atoms with Crippen molar-refractivity contribution in [2.45, 2.75) is 45.5 Å². The van der Waals surface area contributed by atoms with Crippen molar-refractivity contribution in [3.63, 3.8) is 0 Å². The molecule has 1 amide bonds. The quantitative estimate of drug-likeness (QED) is 0.520. The molecule has 1 aromatic rings. The summed E-state index contributed by atoms with van der Waals surface area (Å²) in [6.07, 6.45) is -4.21. The smallest absolute Gasteiger partial charge is 0.416 e. The van der Waals surface area contributed by atoms with E-state index in [1.807, 2.05) is 4.90 Å². The van der Waals surface area contributed by atoms with Gasteiger partial charge >= 0.3 is 12.3 Å². The van der Waals surface area contributed by atoms with Crippen molar-refractivity contribution in [1.82, 2.24) is 15.1 Å². The summed E-state index contributed by atoms with van der Waals surface area (Å²) in [5.74, 6) is 0. The Morgan fingerprint density at radius 2 is 1.77 bits per heavy atom. The van der Waals surface area contributed by atoms with Crippen LogP contribution in [0.4, 0.5) is 23.7 Å². The normalized spacial score (nSPS) is 16.3. The summed E-state index contributed by atoms with van der Waals surface area (Å²) < 4.78 is 45.1. The van der Waals surface area contributed by atoms with Crippen LogP contribution in [0, 0.1) is 4.91 Å². The Bertz CT molecular complexity index is 727. The summed E-state index contributed by atoms with van der Waals surface area (Å²) >= 11 is 0. The highest BCUT2D eigenvalue weighted by Crippen LogP contribution is 2.35. The highest BCUT2D eigenvalue weighted by molar-refractivity contribution is 5.67. The Kier molecular flexibility index (Phi) is 8.19. The topological polar surface area (TPSA) is 74.2 Å². The van der Waals surface area contributed by atoms with Crippen molar-refractivity contribution in [3.8, 4) is 0 Å². The van der Waals surface area contributed by atoms with Gasteiger partial charge in [0.1, 0.15) is 11.3 Å². The molecule has 0 aromatic heterocycles. The Morgan fingerprint density at radius 3 is 2.33 bits per heavy atom. The van der Waals surface area contributed by atoms with E-state index in [0.29, 0.717) is 19.6 Å². The highest BCUT2D eigenvalue weighted by atomic mass is 19.4. The molecule has 1 aliphatic rings. The molecule has 0 bridgehead atoms. The van der Waals surface area contributed by atoms with E-state index in [-0.39, 0.29) is 17.8 Å². The van der Waals surface area contributed by atoms with Crippen LogP contribution >= 0.6 is 0 Å². The van der Waals surface area contributed by atoms with E-state index in [9.17, 15) is 22.9 Å². The van der Waals surface area contributed by atoms with Gasteiger partial charge in [0, 0.05) is 39.3 Å². The van der Waals surface area contributed by atoms with E-state index in [1.165, 1.54) is 12.1 Å². The number of alkyl halides is 3. The molecule has 1 aliphatic heterocycles. The Labute approximate surface area is 174 Å². The lowest BCUT2D eigenvalue weighted by molar-refractivity contribution is -0.138. The summed E-state index contributed by atoms with van der Waals surface area (Å²) in [7, 11) is 0. The van der Waals surface area contributed by atoms with Gasteiger partial charge in [0.25, 0.3) is 0 Å². The number of alkyl carbamates (subject to hydrolysis) is 1. The second-order valence-electron chi connectivity index (χ2n) is 8.33. The zero-order valence-corrected chi connectivity index (χ0v) is 17.6. The fourth-order valence-electron chi connectivity index (χ4n) is 3.24. The minimum Gasteiger partial charge on any atom is -0.444 e. The molecule has 10 heteroatoms. The lowest BCUT2D eigenvalue weighted by Gasteiger charge is -2.35. The minimum atomic E-state index is -4.53. The van der Waals surface area contributed by atoms with Crippen LogP contribution in [-0.2, 0) is 17.5 Å². The SMILES string of the molecule is CC(C)(C)OC(=O)NCCCN1CCN(Cc2ccc(N=O)cc2C(F)(F)F)CC1. The van der Waals surface area contributed by atoms with Crippen molar-refractivity contribution in [1.29, 1.82) is 0 Å². The fraction of sp³-hybridized carbons (Fsp3) is 0.650. The van der Waals surface area contributed by atoms with Crippen molar-refractivity contribution in [2.24, 2.45) is 5.18 Å². The fourth-order valence-corrected chi connectivity index (χ4v) is 3.24. The molecule has 0 aliphatic carbocycles. The molecule has 2 rings (SSSR count). The lowest BCUT2D eigenvalue weighted by Crippen LogP contribution is -2.46. The summed E-state index contributed by atoms with van der Waals surface area (Å²) in [4.78, 5) is 26.4. The first-order chi connectivity index (χ1) is 14.0. The maximum atomic E-state index is 13.3. The molecule has 0 radical (unpaired) electrons. The zero-order chi connectivity index (χ0) is 22.4. The second kappa shape index (κ2) is 10.2. The number of hydrogen-bond acceptors (Lipinski definition) is 6. The molecule has 7 nitrogen and oxygen atoms in total. The maximum absolute atomic E-state index is 13.3. The van der Waals surface area contributed by atoms with Crippen molar-refractivity contribution < 1.29 is 22.7 Å². The van der Waals surface area contributed by atoms with Crippen molar-refractivity contribution in [2.75, 3.05) is 39.3 Å². The van der Waals surface area contributed by atoms with E-state index in [2.05, 4.69) is 15.4 Å². The Morgan fingerprint density at radius 1 is 1.13 bits per heavy atom. The van der Waals surface area contributed by atoms with Gasteiger partial charge in [-0.05, 0) is 56.6 Å². The van der Waals surface area contributed by atoms with E-state index in [0.717, 1.165) is 32.1 Å². The van der Waals surface area contributed by atoms with Crippen LogP contribution < -0.4 is 5.32 Å². The number of benzene rings is 1. The molecule has 0 unspecified atom stereocenters. The molecule has 168 valence electrons. The number of rotatable bonds is 7. The summed E-state index contributed by atoms with van der Waals surface area (Å²) in [6, 6.07) is 3.44. The van der Waals surface area contributed by atoms with Crippen molar-refractivity contribution >= 4 is 11.8 Å². The third-order valence-corrected chi connectivity index (χ3v) is 4.68. The van der Waals surface area contributed by atoms with E-state index < -0.39 is 23.4 Å². The van der Waals surface area contributed by atoms with E-state index in [4.69, 9.17) is 4.74 Å². The Hall–Kier alpha value is -2.20. The number of halogens is 3. The number of amides is 1. The first-order valence-corrected chi connectivity index (χ1v) is 9.93. The summed E-state index contributed by atoms with van der Waals surface area (Å²) in [5.41, 5.74) is -1.42. The highest BCUT2D eigenvalue weighted by Gasteiger charge is 2.34. The Balaban J connectivity index is 1.76. The zero-order valence-electron chi connectivity index (χ0n) is 17.6. The number of carbonyl (C=O) groups excluding carboxylic acids is 1. The van der Waals surface area contributed by atoms with Crippen LogP contribution in [0.15, 0.2) is 23.4 Å². The molecule has 0 atom stereocenters. The molecular weight excluding hydrogens is 401 g/mol. The molecule has 30 heavy (non-hydrogen) atoms. The van der Waals surface area contributed by atoms with Gasteiger partial charge in [0.05, 0.1) is 5.56 Å². The molecule has 1 aromatic carbocycles. The van der Waals surface area contributed by atoms with Crippen LogP contribution in [0.1, 0.15) is 38.3 Å². The first kappa shape index (κ1) is 24.1. The molecule has 0 spiro atoms. The number of nitrogens with one attached hydrogen (secondary N) is 1.